The van der Waals surface area contributed by atoms with Crippen LogP contribution in [-0.4, -0.2) is 20.0 Å². The van der Waals surface area contributed by atoms with E-state index < -0.39 is 0 Å². The Bertz CT molecular complexity index is 603. The van der Waals surface area contributed by atoms with Gasteiger partial charge in [0.2, 0.25) is 0 Å². The average molecular weight is 270 g/mol. The van der Waals surface area contributed by atoms with Gasteiger partial charge >= 0.3 is 0 Å². The van der Waals surface area contributed by atoms with Gasteiger partial charge in [0.05, 0.1) is 14.2 Å². The number of hydrogen-bond acceptors (Lipinski definition) is 3. The highest BCUT2D eigenvalue weighted by Crippen LogP contribution is 2.40. The largest absolute Gasteiger partial charge is 0.493 e. The highest BCUT2D eigenvalue weighted by molar-refractivity contribution is 6.04. The van der Waals surface area contributed by atoms with Crippen LogP contribution in [0.3, 0.4) is 0 Å². The Morgan fingerprint density at radius 2 is 1.70 bits per heavy atom. The van der Waals surface area contributed by atoms with Crippen LogP contribution in [-0.2, 0) is 0 Å². The summed E-state index contributed by atoms with van der Waals surface area (Å²) < 4.78 is 10.8. The van der Waals surface area contributed by atoms with Gasteiger partial charge in [0, 0.05) is 17.5 Å². The Labute approximate surface area is 119 Å². The van der Waals surface area contributed by atoms with E-state index in [0.29, 0.717) is 23.5 Å². The first kappa shape index (κ1) is 14.1. The molecule has 0 saturated carbocycles. The number of hydrogen-bond donors (Lipinski definition) is 0. The van der Waals surface area contributed by atoms with Crippen LogP contribution in [0, 0.1) is 0 Å². The summed E-state index contributed by atoms with van der Waals surface area (Å²) in [4.78, 5) is 12.2. The van der Waals surface area contributed by atoms with Crippen LogP contribution in [0.25, 0.3) is 11.1 Å². The molecule has 0 aliphatic heterocycles. The summed E-state index contributed by atoms with van der Waals surface area (Å²) >= 11 is 0. The molecule has 0 bridgehead atoms. The molecule has 0 aliphatic rings. The molecule has 0 aliphatic carbocycles. The van der Waals surface area contributed by atoms with Crippen LogP contribution >= 0.6 is 0 Å². The molecule has 0 radical (unpaired) electrons. The molecular formula is C17H18O3. The van der Waals surface area contributed by atoms with Gasteiger partial charge in [-0.05, 0) is 17.7 Å². The summed E-state index contributed by atoms with van der Waals surface area (Å²) in [6, 6.07) is 13.3. The van der Waals surface area contributed by atoms with Crippen molar-refractivity contribution in [2.75, 3.05) is 14.2 Å². The van der Waals surface area contributed by atoms with Crippen molar-refractivity contribution in [3.63, 3.8) is 0 Å². The van der Waals surface area contributed by atoms with Crippen LogP contribution in [0.5, 0.6) is 11.5 Å². The molecular weight excluding hydrogens is 252 g/mol. The van der Waals surface area contributed by atoms with Gasteiger partial charge in [0.15, 0.2) is 17.3 Å². The zero-order chi connectivity index (χ0) is 14.5. The standard InChI is InChI=1S/C17H18O3/c1-4-14(18)13-10-11-15(19-2)17(20-3)16(13)12-8-6-5-7-9-12/h5-11H,4H2,1-3H3. The summed E-state index contributed by atoms with van der Waals surface area (Å²) in [6.45, 7) is 1.85. The monoisotopic (exact) mass is 270 g/mol. The van der Waals surface area contributed by atoms with Crippen LogP contribution in [0.1, 0.15) is 23.7 Å². The van der Waals surface area contributed by atoms with Crippen LogP contribution < -0.4 is 9.47 Å². The first-order chi connectivity index (χ1) is 9.72. The molecule has 0 N–H and O–H groups in total. The second kappa shape index (κ2) is 6.24. The number of rotatable bonds is 5. The quantitative estimate of drug-likeness (QED) is 0.771. The summed E-state index contributed by atoms with van der Waals surface area (Å²) in [5.41, 5.74) is 2.40. The molecule has 0 fully saturated rings. The molecule has 0 amide bonds. The normalized spacial score (nSPS) is 10.2. The summed E-state index contributed by atoms with van der Waals surface area (Å²) in [6.07, 6.45) is 0.454. The lowest BCUT2D eigenvalue weighted by molar-refractivity contribution is 0.0988. The summed E-state index contributed by atoms with van der Waals surface area (Å²) in [5.74, 6) is 1.31. The first-order valence-corrected chi connectivity index (χ1v) is 6.56. The fraction of sp³-hybridized carbons (Fsp3) is 0.235. The van der Waals surface area contributed by atoms with E-state index in [1.54, 1.807) is 26.4 Å². The summed E-state index contributed by atoms with van der Waals surface area (Å²) in [7, 11) is 3.18. The van der Waals surface area contributed by atoms with E-state index in [0.717, 1.165) is 11.1 Å². The Kier molecular flexibility index (Phi) is 4.41. The fourth-order valence-corrected chi connectivity index (χ4v) is 2.24. The maximum atomic E-state index is 12.2. The lowest BCUT2D eigenvalue weighted by Crippen LogP contribution is -2.03. The van der Waals surface area contributed by atoms with Crippen molar-refractivity contribution in [2.24, 2.45) is 0 Å². The first-order valence-electron chi connectivity index (χ1n) is 6.56. The zero-order valence-corrected chi connectivity index (χ0v) is 12.0. The van der Waals surface area contributed by atoms with Gasteiger partial charge < -0.3 is 9.47 Å². The van der Waals surface area contributed by atoms with Gasteiger partial charge in [-0.1, -0.05) is 37.3 Å². The van der Waals surface area contributed by atoms with Crippen LogP contribution in [0.15, 0.2) is 42.5 Å². The summed E-state index contributed by atoms with van der Waals surface area (Å²) in [5, 5.41) is 0. The molecule has 2 aromatic carbocycles. The average Bonchev–Trinajstić information content (AvgIpc) is 2.53. The number of carbonyl (C=O) groups excluding carboxylic acids is 1. The molecule has 0 spiro atoms. The second-order valence-corrected chi connectivity index (χ2v) is 4.37. The molecule has 2 aromatic rings. The van der Waals surface area contributed by atoms with E-state index >= 15 is 0 Å². The third kappa shape index (κ3) is 2.52. The molecule has 104 valence electrons. The Balaban J connectivity index is 2.75. The highest BCUT2D eigenvalue weighted by Gasteiger charge is 2.19. The molecule has 0 unspecified atom stereocenters. The number of benzene rings is 2. The van der Waals surface area contributed by atoms with Crippen LogP contribution in [0.4, 0.5) is 0 Å². The van der Waals surface area contributed by atoms with E-state index in [1.807, 2.05) is 37.3 Å². The van der Waals surface area contributed by atoms with E-state index in [9.17, 15) is 4.79 Å². The Morgan fingerprint density at radius 3 is 2.25 bits per heavy atom. The number of methoxy groups -OCH3 is 2. The number of ether oxygens (including phenoxy) is 2. The number of carbonyl (C=O) groups is 1. The van der Waals surface area contributed by atoms with Gasteiger partial charge in [-0.15, -0.1) is 0 Å². The fourth-order valence-electron chi connectivity index (χ4n) is 2.24. The van der Waals surface area contributed by atoms with Crippen molar-refractivity contribution in [3.05, 3.63) is 48.0 Å². The minimum atomic E-state index is 0.0878. The van der Waals surface area contributed by atoms with Crippen molar-refractivity contribution in [2.45, 2.75) is 13.3 Å². The van der Waals surface area contributed by atoms with E-state index in [-0.39, 0.29) is 5.78 Å². The molecule has 20 heavy (non-hydrogen) atoms. The smallest absolute Gasteiger partial charge is 0.169 e. The third-order valence-corrected chi connectivity index (χ3v) is 3.23. The topological polar surface area (TPSA) is 35.5 Å². The van der Waals surface area contributed by atoms with Gasteiger partial charge in [-0.25, -0.2) is 0 Å². The van der Waals surface area contributed by atoms with Gasteiger partial charge in [0.1, 0.15) is 0 Å². The predicted octanol–water partition coefficient (Wildman–Crippen LogP) is 3.96. The molecule has 0 atom stereocenters. The van der Waals surface area contributed by atoms with Crippen LogP contribution in [0.2, 0.25) is 0 Å². The minimum Gasteiger partial charge on any atom is -0.493 e. The van der Waals surface area contributed by atoms with E-state index in [2.05, 4.69) is 0 Å². The lowest BCUT2D eigenvalue weighted by atomic mass is 9.94. The van der Waals surface area contributed by atoms with Gasteiger partial charge in [0.25, 0.3) is 0 Å². The maximum Gasteiger partial charge on any atom is 0.169 e. The zero-order valence-electron chi connectivity index (χ0n) is 12.0. The third-order valence-electron chi connectivity index (χ3n) is 3.23. The van der Waals surface area contributed by atoms with Crippen molar-refractivity contribution in [1.29, 1.82) is 0 Å². The molecule has 3 heteroatoms. The minimum absolute atomic E-state index is 0.0878. The maximum absolute atomic E-state index is 12.2. The van der Waals surface area contributed by atoms with Gasteiger partial charge in [-0.3, -0.25) is 4.79 Å². The van der Waals surface area contributed by atoms with Crippen molar-refractivity contribution in [1.82, 2.24) is 0 Å². The molecule has 0 aromatic heterocycles. The number of Topliss-reactive ketones (excluding diaryl/α,β-unsaturated/α-hetero) is 1. The van der Waals surface area contributed by atoms with E-state index in [4.69, 9.17) is 9.47 Å². The Hall–Kier alpha value is -2.29. The highest BCUT2D eigenvalue weighted by atomic mass is 16.5. The molecule has 0 saturated heterocycles. The SMILES string of the molecule is CCC(=O)c1ccc(OC)c(OC)c1-c1ccccc1. The van der Waals surface area contributed by atoms with E-state index in [1.165, 1.54) is 0 Å². The van der Waals surface area contributed by atoms with Crippen molar-refractivity contribution in [3.8, 4) is 22.6 Å². The van der Waals surface area contributed by atoms with Gasteiger partial charge in [-0.2, -0.15) is 0 Å². The lowest BCUT2D eigenvalue weighted by Gasteiger charge is -2.16. The number of ketones is 1. The van der Waals surface area contributed by atoms with Crippen molar-refractivity contribution < 1.29 is 14.3 Å². The molecule has 0 heterocycles. The second-order valence-electron chi connectivity index (χ2n) is 4.37. The Morgan fingerprint density at radius 1 is 1.00 bits per heavy atom. The molecule has 2 rings (SSSR count). The van der Waals surface area contributed by atoms with Crippen molar-refractivity contribution >= 4 is 5.78 Å². The predicted molar refractivity (Wildman–Crippen MR) is 79.6 cm³/mol. The molecule has 3 nitrogen and oxygen atoms in total.